The molecular weight excluding hydrogens is 249 g/mol. The summed E-state index contributed by atoms with van der Waals surface area (Å²) >= 11 is 5.66. The third-order valence-corrected chi connectivity index (χ3v) is 2.70. The van der Waals surface area contributed by atoms with E-state index in [9.17, 15) is 9.18 Å². The molecule has 1 aromatic carbocycles. The average Bonchev–Trinajstić information content (AvgIpc) is 2.29. The Morgan fingerprint density at radius 1 is 1.65 bits per heavy atom. The van der Waals surface area contributed by atoms with Gasteiger partial charge in [0.15, 0.2) is 0 Å². The summed E-state index contributed by atoms with van der Waals surface area (Å²) in [5.41, 5.74) is 6.22. The number of rotatable bonds is 5. The van der Waals surface area contributed by atoms with Crippen molar-refractivity contribution in [2.45, 2.75) is 18.9 Å². The first-order valence-electron chi connectivity index (χ1n) is 4.96. The zero-order chi connectivity index (χ0) is 13.0. The summed E-state index contributed by atoms with van der Waals surface area (Å²) in [7, 11) is 1.37. The second kappa shape index (κ2) is 5.84. The summed E-state index contributed by atoms with van der Waals surface area (Å²) in [5, 5.41) is 8.42. The molecule has 0 heterocycles. The summed E-state index contributed by atoms with van der Waals surface area (Å²) in [6.07, 6.45) is 0.146. The number of nitrogens with two attached hydrogens (primary N) is 1. The van der Waals surface area contributed by atoms with E-state index in [1.807, 2.05) is 0 Å². The predicted octanol–water partition coefficient (Wildman–Crippen LogP) is 2.35. The van der Waals surface area contributed by atoms with Crippen LogP contribution in [0.25, 0.3) is 0 Å². The van der Waals surface area contributed by atoms with Crippen molar-refractivity contribution >= 4 is 17.6 Å². The Morgan fingerprint density at radius 3 is 2.82 bits per heavy atom. The van der Waals surface area contributed by atoms with Gasteiger partial charge in [-0.2, -0.15) is 0 Å². The summed E-state index contributed by atoms with van der Waals surface area (Å²) in [4.78, 5) is 10.4. The molecule has 0 aromatic heterocycles. The molecular formula is C11H13ClFNO3. The van der Waals surface area contributed by atoms with Gasteiger partial charge in [0.2, 0.25) is 0 Å². The van der Waals surface area contributed by atoms with Crippen molar-refractivity contribution < 1.29 is 19.0 Å². The molecule has 1 rings (SSSR count). The van der Waals surface area contributed by atoms with Crippen LogP contribution in [-0.4, -0.2) is 18.2 Å². The van der Waals surface area contributed by atoms with E-state index in [4.69, 9.17) is 27.2 Å². The van der Waals surface area contributed by atoms with E-state index >= 15 is 0 Å². The molecule has 0 aliphatic rings. The highest BCUT2D eigenvalue weighted by Gasteiger charge is 2.14. The van der Waals surface area contributed by atoms with Crippen molar-refractivity contribution in [2.75, 3.05) is 7.11 Å². The standard InChI is InChI=1S/C11H13ClFNO3/c1-17-9-5-6(4-7(13)11(9)12)8(14)2-3-10(15)16/h4-5,8H,2-3,14H2,1H3,(H,15,16). The van der Waals surface area contributed by atoms with Crippen LogP contribution in [0.15, 0.2) is 12.1 Å². The topological polar surface area (TPSA) is 72.5 Å². The molecule has 0 bridgehead atoms. The minimum absolute atomic E-state index is 0.0757. The number of methoxy groups -OCH3 is 1. The van der Waals surface area contributed by atoms with Gasteiger partial charge in [0.1, 0.15) is 16.6 Å². The van der Waals surface area contributed by atoms with Crippen LogP contribution in [0, 0.1) is 5.82 Å². The Bertz CT molecular complexity index is 425. The number of carbonyl (C=O) groups is 1. The molecule has 0 spiro atoms. The molecule has 6 heteroatoms. The van der Waals surface area contributed by atoms with Crippen LogP contribution in [0.2, 0.25) is 5.02 Å². The zero-order valence-corrected chi connectivity index (χ0v) is 10.00. The molecule has 0 saturated carbocycles. The molecule has 4 nitrogen and oxygen atoms in total. The van der Waals surface area contributed by atoms with Crippen LogP contribution in [0.5, 0.6) is 5.75 Å². The highest BCUT2D eigenvalue weighted by Crippen LogP contribution is 2.31. The van der Waals surface area contributed by atoms with Crippen molar-refractivity contribution in [3.63, 3.8) is 0 Å². The fraction of sp³-hybridized carbons (Fsp3) is 0.364. The smallest absolute Gasteiger partial charge is 0.303 e. The van der Waals surface area contributed by atoms with Crippen LogP contribution in [-0.2, 0) is 4.79 Å². The van der Waals surface area contributed by atoms with E-state index in [1.54, 1.807) is 0 Å². The van der Waals surface area contributed by atoms with Gasteiger partial charge >= 0.3 is 5.97 Å². The normalized spacial score (nSPS) is 12.2. The maximum atomic E-state index is 13.4. The lowest BCUT2D eigenvalue weighted by molar-refractivity contribution is -0.137. The number of hydrogen-bond acceptors (Lipinski definition) is 3. The van der Waals surface area contributed by atoms with Crippen LogP contribution < -0.4 is 10.5 Å². The number of benzene rings is 1. The van der Waals surface area contributed by atoms with Crippen molar-refractivity contribution in [3.05, 3.63) is 28.5 Å². The fourth-order valence-electron chi connectivity index (χ4n) is 1.39. The second-order valence-electron chi connectivity index (χ2n) is 3.56. The predicted molar refractivity (Wildman–Crippen MR) is 61.8 cm³/mol. The van der Waals surface area contributed by atoms with Crippen LogP contribution in [0.1, 0.15) is 24.4 Å². The van der Waals surface area contributed by atoms with E-state index in [1.165, 1.54) is 19.2 Å². The van der Waals surface area contributed by atoms with E-state index in [0.717, 1.165) is 0 Å². The minimum atomic E-state index is -0.943. The molecule has 94 valence electrons. The van der Waals surface area contributed by atoms with Gasteiger partial charge in [0, 0.05) is 12.5 Å². The van der Waals surface area contributed by atoms with Gasteiger partial charge in [0.25, 0.3) is 0 Å². The minimum Gasteiger partial charge on any atom is -0.495 e. The maximum absolute atomic E-state index is 13.4. The number of carboxylic acids is 1. The maximum Gasteiger partial charge on any atom is 0.303 e. The molecule has 1 atom stereocenters. The van der Waals surface area contributed by atoms with Gasteiger partial charge in [-0.1, -0.05) is 11.6 Å². The van der Waals surface area contributed by atoms with E-state index in [2.05, 4.69) is 0 Å². The van der Waals surface area contributed by atoms with Gasteiger partial charge in [0.05, 0.1) is 7.11 Å². The van der Waals surface area contributed by atoms with Crippen molar-refractivity contribution in [1.29, 1.82) is 0 Å². The Hall–Kier alpha value is -1.33. The second-order valence-corrected chi connectivity index (χ2v) is 3.94. The van der Waals surface area contributed by atoms with E-state index in [-0.39, 0.29) is 23.6 Å². The summed E-state index contributed by atoms with van der Waals surface area (Å²) in [5.74, 6) is -1.39. The Labute approximate surface area is 103 Å². The largest absolute Gasteiger partial charge is 0.495 e. The first-order valence-corrected chi connectivity index (χ1v) is 5.33. The number of ether oxygens (including phenoxy) is 1. The average molecular weight is 262 g/mol. The van der Waals surface area contributed by atoms with Crippen molar-refractivity contribution in [1.82, 2.24) is 0 Å². The molecule has 3 N–H and O–H groups in total. The van der Waals surface area contributed by atoms with Gasteiger partial charge < -0.3 is 15.6 Å². The molecule has 0 fully saturated rings. The first kappa shape index (κ1) is 13.7. The summed E-state index contributed by atoms with van der Waals surface area (Å²) in [6.45, 7) is 0. The first-order chi connectivity index (χ1) is 7.95. The number of carboxylic acid groups (broad SMARTS) is 1. The molecule has 17 heavy (non-hydrogen) atoms. The number of hydrogen-bond donors (Lipinski definition) is 2. The summed E-state index contributed by atoms with van der Waals surface area (Å²) < 4.78 is 18.3. The lowest BCUT2D eigenvalue weighted by atomic mass is 10.0. The Kier molecular flexibility index (Phi) is 4.72. The molecule has 0 aliphatic heterocycles. The lowest BCUT2D eigenvalue weighted by Crippen LogP contribution is -2.12. The van der Waals surface area contributed by atoms with Crippen LogP contribution in [0.4, 0.5) is 4.39 Å². The Balaban J connectivity index is 2.90. The van der Waals surface area contributed by atoms with Crippen molar-refractivity contribution in [2.24, 2.45) is 5.73 Å². The number of halogens is 2. The van der Waals surface area contributed by atoms with Gasteiger partial charge in [-0.3, -0.25) is 4.79 Å². The summed E-state index contributed by atoms with van der Waals surface area (Å²) in [6, 6.07) is 2.14. The molecule has 1 unspecified atom stereocenters. The number of aliphatic carboxylic acids is 1. The van der Waals surface area contributed by atoms with Crippen LogP contribution in [0.3, 0.4) is 0 Å². The highest BCUT2D eigenvalue weighted by atomic mass is 35.5. The molecule has 1 aromatic rings. The monoisotopic (exact) mass is 261 g/mol. The van der Waals surface area contributed by atoms with E-state index < -0.39 is 17.8 Å². The highest BCUT2D eigenvalue weighted by molar-refractivity contribution is 6.32. The molecule has 0 amide bonds. The molecule has 0 saturated heterocycles. The fourth-order valence-corrected chi connectivity index (χ4v) is 1.58. The quantitative estimate of drug-likeness (QED) is 0.853. The van der Waals surface area contributed by atoms with E-state index in [0.29, 0.717) is 5.56 Å². The molecule has 0 radical (unpaired) electrons. The molecule has 0 aliphatic carbocycles. The van der Waals surface area contributed by atoms with Gasteiger partial charge in [-0.25, -0.2) is 4.39 Å². The van der Waals surface area contributed by atoms with Gasteiger partial charge in [-0.15, -0.1) is 0 Å². The van der Waals surface area contributed by atoms with Crippen molar-refractivity contribution in [3.8, 4) is 5.75 Å². The third kappa shape index (κ3) is 3.57. The third-order valence-electron chi connectivity index (χ3n) is 2.33. The zero-order valence-electron chi connectivity index (χ0n) is 9.24. The Morgan fingerprint density at radius 2 is 2.29 bits per heavy atom. The van der Waals surface area contributed by atoms with Gasteiger partial charge in [-0.05, 0) is 24.1 Å². The lowest BCUT2D eigenvalue weighted by Gasteiger charge is -2.13. The van der Waals surface area contributed by atoms with Crippen LogP contribution >= 0.6 is 11.6 Å². The SMILES string of the molecule is COc1cc(C(N)CCC(=O)O)cc(F)c1Cl.